The molecule has 5 heteroatoms. The molecule has 0 heterocycles. The molecule has 0 aliphatic rings. The van der Waals surface area contributed by atoms with Gasteiger partial charge in [0.1, 0.15) is 0 Å². The molecule has 1 atom stereocenters. The molecule has 2 nitrogen and oxygen atoms in total. The predicted molar refractivity (Wildman–Crippen MR) is 58.2 cm³/mol. The lowest BCUT2D eigenvalue weighted by molar-refractivity contribution is -0.150. The van der Waals surface area contributed by atoms with Crippen molar-refractivity contribution in [3.8, 4) is 0 Å². The van der Waals surface area contributed by atoms with Crippen molar-refractivity contribution in [2.45, 2.75) is 46.4 Å². The molecule has 0 rings (SSSR count). The number of nitrogens with zero attached hydrogens (tertiary/aromatic N) is 1. The third-order valence-corrected chi connectivity index (χ3v) is 2.37. The van der Waals surface area contributed by atoms with Gasteiger partial charge in [-0.3, -0.25) is 4.90 Å². The van der Waals surface area contributed by atoms with Crippen LogP contribution in [0, 0.1) is 5.41 Å². The average molecular weight is 241 g/mol. The quantitative estimate of drug-likeness (QED) is 0.800. The van der Waals surface area contributed by atoms with Crippen LogP contribution in [0.2, 0.25) is 0 Å². The fraction of sp³-hybridized carbons (Fsp3) is 1.00. The molecule has 16 heavy (non-hydrogen) atoms. The summed E-state index contributed by atoms with van der Waals surface area (Å²) in [6.45, 7) is 6.74. The molecule has 0 aliphatic heterocycles. The summed E-state index contributed by atoms with van der Waals surface area (Å²) >= 11 is 0. The second-order valence-electron chi connectivity index (χ2n) is 5.23. The molecule has 0 aliphatic carbocycles. The Balaban J connectivity index is 4.34. The monoisotopic (exact) mass is 241 g/mol. The Hall–Kier alpha value is -0.290. The van der Waals surface area contributed by atoms with Gasteiger partial charge in [0.2, 0.25) is 0 Å². The Morgan fingerprint density at radius 3 is 2.00 bits per heavy atom. The van der Waals surface area contributed by atoms with Gasteiger partial charge in [-0.25, -0.2) is 0 Å². The van der Waals surface area contributed by atoms with Crippen molar-refractivity contribution in [2.24, 2.45) is 5.41 Å². The van der Waals surface area contributed by atoms with Gasteiger partial charge in [-0.05, 0) is 18.4 Å². The van der Waals surface area contributed by atoms with E-state index >= 15 is 0 Å². The van der Waals surface area contributed by atoms with Crippen molar-refractivity contribution < 1.29 is 18.3 Å². The minimum atomic E-state index is -4.20. The molecule has 0 aromatic carbocycles. The molecule has 0 saturated heterocycles. The summed E-state index contributed by atoms with van der Waals surface area (Å²) in [5.74, 6) is 0. The number of aliphatic hydroxyl groups is 1. The van der Waals surface area contributed by atoms with Gasteiger partial charge in [-0.2, -0.15) is 13.2 Å². The fourth-order valence-corrected chi connectivity index (χ4v) is 1.32. The molecule has 1 unspecified atom stereocenters. The number of alkyl halides is 3. The summed E-state index contributed by atoms with van der Waals surface area (Å²) in [4.78, 5) is 1.26. The molecule has 1 N–H and O–H groups in total. The fourth-order valence-electron chi connectivity index (χ4n) is 1.32. The van der Waals surface area contributed by atoms with E-state index in [1.807, 2.05) is 27.7 Å². The first-order valence-corrected chi connectivity index (χ1v) is 5.53. The smallest absolute Gasteiger partial charge is 0.391 e. The Labute approximate surface area is 95.4 Å². The number of rotatable bonds is 5. The van der Waals surface area contributed by atoms with Gasteiger partial charge in [0.25, 0.3) is 0 Å². The van der Waals surface area contributed by atoms with E-state index in [9.17, 15) is 18.3 Å². The van der Waals surface area contributed by atoms with Crippen molar-refractivity contribution in [1.82, 2.24) is 4.90 Å². The zero-order chi connectivity index (χ0) is 13.0. The van der Waals surface area contributed by atoms with Crippen molar-refractivity contribution in [2.75, 3.05) is 19.6 Å². The Kier molecular flexibility index (Phi) is 5.76. The molecule has 0 bridgehead atoms. The van der Waals surface area contributed by atoms with Crippen LogP contribution >= 0.6 is 0 Å². The summed E-state index contributed by atoms with van der Waals surface area (Å²) in [5.41, 5.74) is -0.391. The van der Waals surface area contributed by atoms with Crippen LogP contribution in [0.15, 0.2) is 0 Å². The number of aliphatic hydroxyl groups excluding tert-OH is 1. The molecule has 0 spiro atoms. The molecule has 0 aromatic heterocycles. The zero-order valence-electron chi connectivity index (χ0n) is 10.4. The first-order chi connectivity index (χ1) is 7.06. The SMILES string of the molecule is CCCN(CC(O)C(C)(C)C)CC(F)(F)F. The number of hydrogen-bond acceptors (Lipinski definition) is 2. The van der Waals surface area contributed by atoms with Crippen molar-refractivity contribution >= 4 is 0 Å². The maximum Gasteiger partial charge on any atom is 0.401 e. The second kappa shape index (κ2) is 5.87. The summed E-state index contributed by atoms with van der Waals surface area (Å²) in [7, 11) is 0. The van der Waals surface area contributed by atoms with Crippen LogP contribution in [-0.2, 0) is 0 Å². The number of hydrogen-bond donors (Lipinski definition) is 1. The van der Waals surface area contributed by atoms with Crippen molar-refractivity contribution in [3.63, 3.8) is 0 Å². The van der Waals surface area contributed by atoms with E-state index in [4.69, 9.17) is 0 Å². The van der Waals surface area contributed by atoms with Gasteiger partial charge in [-0.1, -0.05) is 27.7 Å². The summed E-state index contributed by atoms with van der Waals surface area (Å²) in [5, 5.41) is 9.77. The Morgan fingerprint density at radius 1 is 1.19 bits per heavy atom. The van der Waals surface area contributed by atoms with Gasteiger partial charge in [0.15, 0.2) is 0 Å². The average Bonchev–Trinajstić information content (AvgIpc) is 1.99. The van der Waals surface area contributed by atoms with Crippen LogP contribution in [0.3, 0.4) is 0 Å². The van der Waals surface area contributed by atoms with Gasteiger partial charge >= 0.3 is 6.18 Å². The molecular weight excluding hydrogens is 219 g/mol. The summed E-state index contributed by atoms with van der Waals surface area (Å²) in [6, 6.07) is 0. The standard InChI is InChI=1S/C11H22F3NO/c1-5-6-15(8-11(12,13)14)7-9(16)10(2,3)4/h9,16H,5-8H2,1-4H3. The molecule has 0 aromatic rings. The highest BCUT2D eigenvalue weighted by atomic mass is 19.4. The summed E-state index contributed by atoms with van der Waals surface area (Å²) in [6.07, 6.45) is -4.30. The maximum absolute atomic E-state index is 12.3. The third-order valence-electron chi connectivity index (χ3n) is 2.37. The lowest BCUT2D eigenvalue weighted by Gasteiger charge is -2.32. The van der Waals surface area contributed by atoms with E-state index in [2.05, 4.69) is 0 Å². The van der Waals surface area contributed by atoms with Crippen LogP contribution < -0.4 is 0 Å². The highest BCUT2D eigenvalue weighted by Gasteiger charge is 2.32. The number of halogens is 3. The largest absolute Gasteiger partial charge is 0.401 e. The molecule has 0 radical (unpaired) electrons. The van der Waals surface area contributed by atoms with E-state index in [1.165, 1.54) is 4.90 Å². The maximum atomic E-state index is 12.3. The first kappa shape index (κ1) is 15.7. The topological polar surface area (TPSA) is 23.5 Å². The van der Waals surface area contributed by atoms with Crippen molar-refractivity contribution in [3.05, 3.63) is 0 Å². The second-order valence-corrected chi connectivity index (χ2v) is 5.23. The predicted octanol–water partition coefficient (Wildman–Crippen LogP) is 2.67. The molecule has 0 fully saturated rings. The lowest BCUT2D eigenvalue weighted by atomic mass is 9.89. The third kappa shape index (κ3) is 7.06. The lowest BCUT2D eigenvalue weighted by Crippen LogP contribution is -2.43. The van der Waals surface area contributed by atoms with E-state index in [0.717, 1.165) is 0 Å². The van der Waals surface area contributed by atoms with E-state index in [-0.39, 0.29) is 6.54 Å². The highest BCUT2D eigenvalue weighted by Crippen LogP contribution is 2.22. The molecule has 0 amide bonds. The minimum absolute atomic E-state index is 0.0663. The normalized spacial score (nSPS) is 15.6. The van der Waals surface area contributed by atoms with Crippen LogP contribution in [0.5, 0.6) is 0 Å². The van der Waals surface area contributed by atoms with E-state index in [0.29, 0.717) is 13.0 Å². The zero-order valence-corrected chi connectivity index (χ0v) is 10.4. The first-order valence-electron chi connectivity index (χ1n) is 5.53. The van der Waals surface area contributed by atoms with Gasteiger partial charge in [0.05, 0.1) is 12.6 Å². The Morgan fingerprint density at radius 2 is 1.69 bits per heavy atom. The molecule has 98 valence electrons. The minimum Gasteiger partial charge on any atom is -0.391 e. The molecule has 0 saturated carbocycles. The van der Waals surface area contributed by atoms with Crippen LogP contribution in [0.4, 0.5) is 13.2 Å². The van der Waals surface area contributed by atoms with Crippen LogP contribution in [0.1, 0.15) is 34.1 Å². The van der Waals surface area contributed by atoms with Gasteiger partial charge < -0.3 is 5.11 Å². The highest BCUT2D eigenvalue weighted by molar-refractivity contribution is 4.77. The van der Waals surface area contributed by atoms with Crippen LogP contribution in [0.25, 0.3) is 0 Å². The Bertz CT molecular complexity index is 198. The van der Waals surface area contributed by atoms with E-state index < -0.39 is 24.2 Å². The van der Waals surface area contributed by atoms with Crippen LogP contribution in [-0.4, -0.2) is 41.9 Å². The van der Waals surface area contributed by atoms with Crippen molar-refractivity contribution in [1.29, 1.82) is 0 Å². The van der Waals surface area contributed by atoms with Gasteiger partial charge in [-0.15, -0.1) is 0 Å². The molecular formula is C11H22F3NO. The summed E-state index contributed by atoms with van der Waals surface area (Å²) < 4.78 is 36.8. The van der Waals surface area contributed by atoms with E-state index in [1.54, 1.807) is 0 Å². The van der Waals surface area contributed by atoms with Gasteiger partial charge in [0, 0.05) is 6.54 Å².